The van der Waals surface area contributed by atoms with Crippen LogP contribution in [0.3, 0.4) is 0 Å². The van der Waals surface area contributed by atoms with Crippen LogP contribution in [0.4, 0.5) is 0 Å². The number of alkyl halides is 1. The minimum Gasteiger partial charge on any atom is -0.392 e. The van der Waals surface area contributed by atoms with Crippen LogP contribution in [0.25, 0.3) is 0 Å². The molecule has 2 unspecified atom stereocenters. The molecule has 0 amide bonds. The number of aliphatic hydroxyl groups excluding tert-OH is 1. The smallest absolute Gasteiger partial charge is 0.0690 e. The van der Waals surface area contributed by atoms with Crippen molar-refractivity contribution in [1.82, 2.24) is 4.90 Å². The Morgan fingerprint density at radius 3 is 1.81 bits per heavy atom. The Labute approximate surface area is 144 Å². The maximum atomic E-state index is 9.66. The van der Waals surface area contributed by atoms with Gasteiger partial charge in [0.1, 0.15) is 0 Å². The summed E-state index contributed by atoms with van der Waals surface area (Å²) >= 11 is 5.69. The fraction of sp³-hybridized carbons (Fsp3) is 1.00. The Kier molecular flexibility index (Phi) is 19.1. The second-order valence-corrected chi connectivity index (χ2v) is 6.59. The van der Waals surface area contributed by atoms with Gasteiger partial charge in [-0.1, -0.05) is 64.7 Å². The third-order valence-electron chi connectivity index (χ3n) is 4.09. The van der Waals surface area contributed by atoms with Crippen LogP contribution in [-0.4, -0.2) is 42.1 Å². The normalized spacial score (nSPS) is 14.0. The van der Waals surface area contributed by atoms with Gasteiger partial charge in [0.15, 0.2) is 0 Å². The maximum Gasteiger partial charge on any atom is 0.0690 e. The van der Waals surface area contributed by atoms with Gasteiger partial charge in [-0.3, -0.25) is 0 Å². The maximum absolute atomic E-state index is 9.66. The molecule has 1 N–H and O–H groups in total. The van der Waals surface area contributed by atoms with Gasteiger partial charge in [0.05, 0.1) is 6.10 Å². The fourth-order valence-electron chi connectivity index (χ4n) is 2.65. The molecule has 0 saturated heterocycles. The third-order valence-corrected chi connectivity index (χ3v) is 4.45. The first-order valence-electron chi connectivity index (χ1n) is 8.52. The molecule has 0 spiro atoms. The van der Waals surface area contributed by atoms with E-state index < -0.39 is 0 Å². The Morgan fingerprint density at radius 2 is 1.38 bits per heavy atom. The van der Waals surface area contributed by atoms with Crippen LogP contribution in [0.5, 0.6) is 0 Å². The van der Waals surface area contributed by atoms with Crippen molar-refractivity contribution < 1.29 is 5.11 Å². The van der Waals surface area contributed by atoms with Crippen LogP contribution < -0.4 is 0 Å². The second kappa shape index (κ2) is 16.9. The Balaban J connectivity index is 0. The monoisotopic (exact) mass is 341 g/mol. The number of hydrogen-bond donors (Lipinski definition) is 1. The summed E-state index contributed by atoms with van der Waals surface area (Å²) in [6.07, 6.45) is 13.9. The van der Waals surface area contributed by atoms with Crippen molar-refractivity contribution in [2.75, 3.05) is 20.0 Å². The van der Waals surface area contributed by atoms with Gasteiger partial charge in [0, 0.05) is 11.9 Å². The van der Waals surface area contributed by atoms with E-state index in [-0.39, 0.29) is 18.5 Å². The number of halogens is 2. The fourth-order valence-corrected chi connectivity index (χ4v) is 2.78. The minimum absolute atomic E-state index is 0. The molecular formula is C17H37Cl2NO. The highest BCUT2D eigenvalue weighted by atomic mass is 35.5. The molecule has 0 rings (SSSR count). The van der Waals surface area contributed by atoms with E-state index in [1.165, 1.54) is 64.2 Å². The molecule has 0 aromatic heterocycles. The van der Waals surface area contributed by atoms with Crippen molar-refractivity contribution in [1.29, 1.82) is 0 Å². The van der Waals surface area contributed by atoms with Crippen LogP contribution in [-0.2, 0) is 0 Å². The first-order valence-corrected chi connectivity index (χ1v) is 9.05. The molecule has 0 aromatic carbocycles. The minimum atomic E-state index is -0.359. The van der Waals surface area contributed by atoms with E-state index in [0.29, 0.717) is 11.9 Å². The number of nitrogens with zero attached hydrogens (tertiary/aromatic N) is 1. The number of hydrogen-bond acceptors (Lipinski definition) is 2. The van der Waals surface area contributed by atoms with Gasteiger partial charge in [-0.25, -0.2) is 0 Å². The summed E-state index contributed by atoms with van der Waals surface area (Å²) in [7, 11) is 4.19. The van der Waals surface area contributed by atoms with E-state index in [4.69, 9.17) is 11.6 Å². The van der Waals surface area contributed by atoms with Crippen molar-refractivity contribution in [2.45, 2.75) is 89.7 Å². The zero-order valence-electron chi connectivity index (χ0n) is 14.3. The molecule has 0 aliphatic carbocycles. The van der Waals surface area contributed by atoms with Gasteiger partial charge in [-0.2, -0.15) is 0 Å². The summed E-state index contributed by atoms with van der Waals surface area (Å²) in [4.78, 5) is 2.22. The zero-order chi connectivity index (χ0) is 15.2. The molecule has 0 radical (unpaired) electrons. The lowest BCUT2D eigenvalue weighted by Crippen LogP contribution is -2.32. The molecule has 0 heterocycles. The van der Waals surface area contributed by atoms with E-state index in [1.54, 1.807) is 0 Å². The highest BCUT2D eigenvalue weighted by molar-refractivity contribution is 6.18. The van der Waals surface area contributed by atoms with Crippen LogP contribution in [0.15, 0.2) is 0 Å². The highest BCUT2D eigenvalue weighted by Crippen LogP contribution is 2.15. The average molecular weight is 342 g/mol. The van der Waals surface area contributed by atoms with Crippen molar-refractivity contribution in [3.8, 4) is 0 Å². The highest BCUT2D eigenvalue weighted by Gasteiger charge is 2.15. The van der Waals surface area contributed by atoms with Gasteiger partial charge < -0.3 is 10.0 Å². The summed E-state index contributed by atoms with van der Waals surface area (Å²) in [6.45, 7) is 2.27. The van der Waals surface area contributed by atoms with E-state index in [9.17, 15) is 5.11 Å². The van der Waals surface area contributed by atoms with Gasteiger partial charge in [-0.15, -0.1) is 24.0 Å². The molecule has 21 heavy (non-hydrogen) atoms. The van der Waals surface area contributed by atoms with Crippen molar-refractivity contribution >= 4 is 24.0 Å². The topological polar surface area (TPSA) is 23.5 Å². The molecule has 0 aliphatic rings. The summed E-state index contributed by atoms with van der Waals surface area (Å²) in [5.41, 5.74) is 0. The van der Waals surface area contributed by atoms with Gasteiger partial charge in [0.2, 0.25) is 0 Å². The molecule has 0 saturated carbocycles. The van der Waals surface area contributed by atoms with E-state index in [1.807, 2.05) is 0 Å². The lowest BCUT2D eigenvalue weighted by molar-refractivity contribution is 0.135. The van der Waals surface area contributed by atoms with Crippen molar-refractivity contribution in [2.24, 2.45) is 0 Å². The molecule has 2 nitrogen and oxygen atoms in total. The number of rotatable bonds is 14. The van der Waals surface area contributed by atoms with Gasteiger partial charge in [0.25, 0.3) is 0 Å². The third kappa shape index (κ3) is 15.2. The predicted octanol–water partition coefficient (Wildman–Crippen LogP) is 5.25. The van der Waals surface area contributed by atoms with Crippen LogP contribution in [0.1, 0.15) is 77.6 Å². The quantitative estimate of drug-likeness (QED) is 0.344. The summed E-state index contributed by atoms with van der Waals surface area (Å²) in [5.74, 6) is 0.349. The predicted molar refractivity (Wildman–Crippen MR) is 97.9 cm³/mol. The Morgan fingerprint density at radius 1 is 0.905 bits per heavy atom. The SMILES string of the molecule is CCCCCCCCCCCC(CC(O)CCl)N(C)C.Cl. The molecule has 2 atom stereocenters. The number of unbranched alkanes of at least 4 members (excludes halogenated alkanes) is 8. The largest absolute Gasteiger partial charge is 0.392 e. The lowest BCUT2D eigenvalue weighted by atomic mass is 10.0. The number of aliphatic hydroxyl groups is 1. The van der Waals surface area contributed by atoms with E-state index in [2.05, 4.69) is 25.9 Å². The Bertz CT molecular complexity index is 203. The molecule has 0 aromatic rings. The van der Waals surface area contributed by atoms with Crippen LogP contribution in [0.2, 0.25) is 0 Å². The van der Waals surface area contributed by atoms with E-state index in [0.717, 1.165) is 6.42 Å². The van der Waals surface area contributed by atoms with Crippen molar-refractivity contribution in [3.05, 3.63) is 0 Å². The average Bonchev–Trinajstić information content (AvgIpc) is 2.43. The molecule has 0 bridgehead atoms. The standard InChI is InChI=1S/C17H36ClNO.ClH/c1-4-5-6-7-8-9-10-11-12-13-16(19(2)3)14-17(20)15-18;/h16-17,20H,4-15H2,1-3H3;1H. The summed E-state index contributed by atoms with van der Waals surface area (Å²) in [6, 6.07) is 0.466. The van der Waals surface area contributed by atoms with Crippen LogP contribution >= 0.6 is 24.0 Å². The molecule has 130 valence electrons. The Hall–Kier alpha value is 0.500. The first-order chi connectivity index (χ1) is 9.61. The van der Waals surface area contributed by atoms with Gasteiger partial charge >= 0.3 is 0 Å². The molecule has 4 heteroatoms. The second-order valence-electron chi connectivity index (χ2n) is 6.28. The van der Waals surface area contributed by atoms with Gasteiger partial charge in [-0.05, 0) is 26.9 Å². The van der Waals surface area contributed by atoms with Crippen molar-refractivity contribution in [3.63, 3.8) is 0 Å². The lowest BCUT2D eigenvalue weighted by Gasteiger charge is -2.26. The molecule has 0 fully saturated rings. The van der Waals surface area contributed by atoms with E-state index >= 15 is 0 Å². The summed E-state index contributed by atoms with van der Waals surface area (Å²) in [5, 5.41) is 9.66. The summed E-state index contributed by atoms with van der Waals surface area (Å²) < 4.78 is 0. The molecule has 0 aliphatic heterocycles. The first kappa shape index (κ1) is 23.8. The van der Waals surface area contributed by atoms with Crippen LogP contribution in [0, 0.1) is 0 Å². The zero-order valence-corrected chi connectivity index (χ0v) is 15.9. The molecular weight excluding hydrogens is 305 g/mol.